The topological polar surface area (TPSA) is 58.2 Å². The number of hydrogen-bond acceptors (Lipinski definition) is 3. The largest absolute Gasteiger partial charge is 0.317 e. The zero-order valence-electron chi connectivity index (χ0n) is 11.9. The molecule has 0 saturated carbocycles. The van der Waals surface area contributed by atoms with Crippen LogP contribution in [0.25, 0.3) is 10.8 Å². The highest BCUT2D eigenvalue weighted by atomic mass is 35.5. The predicted molar refractivity (Wildman–Crippen MR) is 92.4 cm³/mol. The summed E-state index contributed by atoms with van der Waals surface area (Å²) in [6.45, 7) is 1.68. The van der Waals surface area contributed by atoms with Crippen LogP contribution in [0.5, 0.6) is 0 Å². The smallest absolute Gasteiger partial charge is 0.241 e. The fourth-order valence-electron chi connectivity index (χ4n) is 2.69. The quantitative estimate of drug-likeness (QED) is 0.884. The summed E-state index contributed by atoms with van der Waals surface area (Å²) >= 11 is 6.15. The van der Waals surface area contributed by atoms with Crippen LogP contribution in [0.4, 0.5) is 0 Å². The Morgan fingerprint density at radius 1 is 1.05 bits per heavy atom. The first-order valence-electron chi connectivity index (χ1n) is 6.98. The summed E-state index contributed by atoms with van der Waals surface area (Å²) in [5.74, 6) is 0. The molecule has 120 valence electrons. The Morgan fingerprint density at radius 3 is 2.36 bits per heavy atom. The van der Waals surface area contributed by atoms with E-state index in [-0.39, 0.29) is 18.4 Å². The van der Waals surface area contributed by atoms with Gasteiger partial charge in [-0.15, -0.1) is 12.4 Å². The highest BCUT2D eigenvalue weighted by Gasteiger charge is 2.23. The maximum absolute atomic E-state index is 12.7. The SMILES string of the molecule is Cl.O=S(=O)(NC1CCNCC1)c1ccc(Cl)c2ccccc12. The van der Waals surface area contributed by atoms with E-state index in [1.54, 1.807) is 18.2 Å². The van der Waals surface area contributed by atoms with E-state index < -0.39 is 10.0 Å². The van der Waals surface area contributed by atoms with Crippen molar-refractivity contribution in [3.05, 3.63) is 41.4 Å². The van der Waals surface area contributed by atoms with Crippen LogP contribution in [0.1, 0.15) is 12.8 Å². The Morgan fingerprint density at radius 2 is 1.68 bits per heavy atom. The number of hydrogen-bond donors (Lipinski definition) is 2. The van der Waals surface area contributed by atoms with Gasteiger partial charge in [-0.05, 0) is 38.1 Å². The van der Waals surface area contributed by atoms with E-state index in [4.69, 9.17) is 11.6 Å². The van der Waals surface area contributed by atoms with Gasteiger partial charge in [-0.3, -0.25) is 0 Å². The summed E-state index contributed by atoms with van der Waals surface area (Å²) in [5.41, 5.74) is 0. The van der Waals surface area contributed by atoms with Gasteiger partial charge in [-0.1, -0.05) is 35.9 Å². The highest BCUT2D eigenvalue weighted by molar-refractivity contribution is 7.89. The average Bonchev–Trinajstić information content (AvgIpc) is 2.48. The Kier molecular flexibility index (Phi) is 5.69. The molecule has 7 heteroatoms. The zero-order chi connectivity index (χ0) is 14.9. The number of sulfonamides is 1. The van der Waals surface area contributed by atoms with E-state index in [1.165, 1.54) is 0 Å². The summed E-state index contributed by atoms with van der Waals surface area (Å²) in [6, 6.07) is 10.5. The number of benzene rings is 2. The lowest BCUT2D eigenvalue weighted by Crippen LogP contribution is -2.42. The molecule has 0 spiro atoms. The standard InChI is InChI=1S/C15H17ClN2O2S.ClH/c16-14-5-6-15(13-4-2-1-3-12(13)14)21(19,20)18-11-7-9-17-10-8-11;/h1-6,11,17-18H,7-10H2;1H. The van der Waals surface area contributed by atoms with E-state index in [9.17, 15) is 8.42 Å². The molecule has 0 aliphatic carbocycles. The molecule has 1 heterocycles. The predicted octanol–water partition coefficient (Wildman–Crippen LogP) is 2.95. The Labute approximate surface area is 141 Å². The monoisotopic (exact) mass is 360 g/mol. The van der Waals surface area contributed by atoms with Gasteiger partial charge in [0, 0.05) is 21.8 Å². The van der Waals surface area contributed by atoms with Crippen molar-refractivity contribution in [2.75, 3.05) is 13.1 Å². The van der Waals surface area contributed by atoms with Crippen LogP contribution in [0.15, 0.2) is 41.3 Å². The van der Waals surface area contributed by atoms with Gasteiger partial charge >= 0.3 is 0 Å². The van der Waals surface area contributed by atoms with Crippen molar-refractivity contribution in [1.29, 1.82) is 0 Å². The van der Waals surface area contributed by atoms with Crippen LogP contribution >= 0.6 is 24.0 Å². The third-order valence-corrected chi connectivity index (χ3v) is 5.69. The van der Waals surface area contributed by atoms with Crippen LogP contribution < -0.4 is 10.0 Å². The minimum atomic E-state index is -3.54. The molecule has 0 amide bonds. The number of halogens is 2. The van der Waals surface area contributed by atoms with Gasteiger partial charge in [0.15, 0.2) is 0 Å². The van der Waals surface area contributed by atoms with E-state index in [2.05, 4.69) is 10.0 Å². The lowest BCUT2D eigenvalue weighted by molar-refractivity contribution is 0.427. The lowest BCUT2D eigenvalue weighted by atomic mass is 10.1. The maximum atomic E-state index is 12.7. The molecule has 0 aromatic heterocycles. The van der Waals surface area contributed by atoms with Crippen molar-refractivity contribution in [3.8, 4) is 0 Å². The molecule has 2 aromatic carbocycles. The first kappa shape index (κ1) is 17.5. The van der Waals surface area contributed by atoms with Crippen LogP contribution in [0, 0.1) is 0 Å². The molecule has 22 heavy (non-hydrogen) atoms. The van der Waals surface area contributed by atoms with E-state index in [1.807, 2.05) is 18.2 Å². The maximum Gasteiger partial charge on any atom is 0.241 e. The van der Waals surface area contributed by atoms with E-state index in [0.717, 1.165) is 31.3 Å². The Hall–Kier alpha value is -0.850. The summed E-state index contributed by atoms with van der Waals surface area (Å²) in [6.07, 6.45) is 1.62. The fourth-order valence-corrected chi connectivity index (χ4v) is 4.44. The van der Waals surface area contributed by atoms with Gasteiger partial charge in [0.1, 0.15) is 0 Å². The molecule has 1 aliphatic rings. The van der Waals surface area contributed by atoms with Crippen LogP contribution in [-0.4, -0.2) is 27.5 Å². The van der Waals surface area contributed by atoms with Gasteiger partial charge < -0.3 is 5.32 Å². The third kappa shape index (κ3) is 3.55. The second-order valence-corrected chi connectivity index (χ2v) is 7.33. The lowest BCUT2D eigenvalue weighted by Gasteiger charge is -2.23. The van der Waals surface area contributed by atoms with Crippen molar-refractivity contribution in [1.82, 2.24) is 10.0 Å². The summed E-state index contributed by atoms with van der Waals surface area (Å²) in [4.78, 5) is 0.293. The van der Waals surface area contributed by atoms with Crippen molar-refractivity contribution in [2.45, 2.75) is 23.8 Å². The molecule has 0 radical (unpaired) electrons. The first-order valence-corrected chi connectivity index (χ1v) is 8.84. The van der Waals surface area contributed by atoms with Crippen molar-refractivity contribution in [2.24, 2.45) is 0 Å². The minimum absolute atomic E-state index is 0. The molecule has 1 aliphatic heterocycles. The molecule has 1 saturated heterocycles. The third-order valence-electron chi connectivity index (χ3n) is 3.78. The van der Waals surface area contributed by atoms with Gasteiger partial charge in [-0.2, -0.15) is 0 Å². The van der Waals surface area contributed by atoms with Crippen LogP contribution in [0.2, 0.25) is 5.02 Å². The molecule has 0 bridgehead atoms. The molecular formula is C15H18Cl2N2O2S. The molecule has 0 unspecified atom stereocenters. The molecule has 1 fully saturated rings. The van der Waals surface area contributed by atoms with Gasteiger partial charge in [0.05, 0.1) is 4.90 Å². The molecule has 2 N–H and O–H groups in total. The first-order chi connectivity index (χ1) is 10.1. The average molecular weight is 361 g/mol. The van der Waals surface area contributed by atoms with Crippen LogP contribution in [-0.2, 0) is 10.0 Å². The molecule has 2 aromatic rings. The molecule has 4 nitrogen and oxygen atoms in total. The second kappa shape index (κ2) is 7.15. The zero-order valence-corrected chi connectivity index (χ0v) is 14.3. The number of rotatable bonds is 3. The molecular weight excluding hydrogens is 343 g/mol. The van der Waals surface area contributed by atoms with Gasteiger partial charge in [0.25, 0.3) is 0 Å². The Balaban J connectivity index is 0.00000176. The minimum Gasteiger partial charge on any atom is -0.317 e. The van der Waals surface area contributed by atoms with Crippen molar-refractivity contribution >= 4 is 44.8 Å². The van der Waals surface area contributed by atoms with Gasteiger partial charge in [0.2, 0.25) is 10.0 Å². The summed E-state index contributed by atoms with van der Waals surface area (Å²) in [5, 5.41) is 5.20. The Bertz CT molecular complexity index is 759. The highest BCUT2D eigenvalue weighted by Crippen LogP contribution is 2.29. The number of fused-ring (bicyclic) bond motifs is 1. The molecule has 0 atom stereocenters. The van der Waals surface area contributed by atoms with E-state index in [0.29, 0.717) is 15.3 Å². The van der Waals surface area contributed by atoms with Gasteiger partial charge in [-0.25, -0.2) is 13.1 Å². The number of nitrogens with one attached hydrogen (secondary N) is 2. The van der Waals surface area contributed by atoms with Crippen LogP contribution in [0.3, 0.4) is 0 Å². The molecule has 3 rings (SSSR count). The summed E-state index contributed by atoms with van der Waals surface area (Å²) in [7, 11) is -3.54. The normalized spacial score (nSPS) is 16.4. The fraction of sp³-hybridized carbons (Fsp3) is 0.333. The van der Waals surface area contributed by atoms with Crippen molar-refractivity contribution < 1.29 is 8.42 Å². The second-order valence-electron chi connectivity index (χ2n) is 5.24. The number of piperidine rings is 1. The summed E-state index contributed by atoms with van der Waals surface area (Å²) < 4.78 is 28.1. The van der Waals surface area contributed by atoms with Crippen molar-refractivity contribution in [3.63, 3.8) is 0 Å². The van der Waals surface area contributed by atoms with E-state index >= 15 is 0 Å².